The predicted molar refractivity (Wildman–Crippen MR) is 99.1 cm³/mol. The van der Waals surface area contributed by atoms with E-state index in [0.29, 0.717) is 17.5 Å². The Hall–Kier alpha value is -3.62. The van der Waals surface area contributed by atoms with Gasteiger partial charge in [-0.05, 0) is 36.8 Å². The van der Waals surface area contributed by atoms with Crippen LogP contribution in [0.5, 0.6) is 0 Å². The summed E-state index contributed by atoms with van der Waals surface area (Å²) in [5.74, 6) is -2.77. The van der Waals surface area contributed by atoms with E-state index in [4.69, 9.17) is 4.42 Å². The van der Waals surface area contributed by atoms with E-state index in [1.165, 1.54) is 11.0 Å². The molecule has 1 saturated heterocycles. The molecule has 0 radical (unpaired) electrons. The van der Waals surface area contributed by atoms with E-state index in [2.05, 4.69) is 10.3 Å². The van der Waals surface area contributed by atoms with Crippen molar-refractivity contribution in [3.8, 4) is 0 Å². The Morgan fingerprint density at radius 1 is 1.10 bits per heavy atom. The van der Waals surface area contributed by atoms with E-state index in [-0.39, 0.29) is 48.0 Å². The van der Waals surface area contributed by atoms with Crippen LogP contribution in [-0.2, 0) is 22.7 Å². The number of fused-ring (bicyclic) bond motifs is 2. The fourth-order valence-corrected chi connectivity index (χ4v) is 3.90. The standard InChI is InChI=1S/C21H15F2N3O4/c22-14-3-4-15(23)13-9-26(8-12(13)14)21(29)10-1-5-16-17(7-10)30-20(24-16)11-2-6-18(27)25-19(11)28/h1,3-5,7,11H,2,6,8-9H2,(H,25,27,28). The summed E-state index contributed by atoms with van der Waals surface area (Å²) in [7, 11) is 0. The number of nitrogens with one attached hydrogen (secondary N) is 1. The third kappa shape index (κ3) is 2.94. The van der Waals surface area contributed by atoms with Crippen molar-refractivity contribution < 1.29 is 27.6 Å². The van der Waals surface area contributed by atoms with Gasteiger partial charge in [0.15, 0.2) is 5.58 Å². The van der Waals surface area contributed by atoms with Gasteiger partial charge < -0.3 is 9.32 Å². The molecule has 2 aliphatic rings. The summed E-state index contributed by atoms with van der Waals surface area (Å²) in [6.45, 7) is -0.0402. The molecule has 2 aliphatic heterocycles. The summed E-state index contributed by atoms with van der Waals surface area (Å²) in [5, 5.41) is 2.26. The molecule has 9 heteroatoms. The Labute approximate surface area is 168 Å². The number of carbonyl (C=O) groups excluding carboxylic acids is 3. The average molecular weight is 411 g/mol. The normalized spacial score (nSPS) is 18.6. The topological polar surface area (TPSA) is 92.5 Å². The Balaban J connectivity index is 1.41. The van der Waals surface area contributed by atoms with Gasteiger partial charge in [-0.2, -0.15) is 0 Å². The van der Waals surface area contributed by atoms with Crippen LogP contribution in [0.4, 0.5) is 8.78 Å². The van der Waals surface area contributed by atoms with E-state index >= 15 is 0 Å². The van der Waals surface area contributed by atoms with Gasteiger partial charge in [-0.1, -0.05) is 0 Å². The lowest BCUT2D eigenvalue weighted by Crippen LogP contribution is -2.39. The first-order chi connectivity index (χ1) is 14.4. The molecule has 3 heterocycles. The molecule has 3 amide bonds. The molecule has 0 spiro atoms. The number of nitrogens with zero attached hydrogens (tertiary/aromatic N) is 2. The number of hydrogen-bond acceptors (Lipinski definition) is 5. The fraction of sp³-hybridized carbons (Fsp3) is 0.238. The summed E-state index contributed by atoms with van der Waals surface area (Å²) in [5.41, 5.74) is 1.43. The van der Waals surface area contributed by atoms with Crippen molar-refractivity contribution in [2.24, 2.45) is 0 Å². The molecule has 1 N–H and O–H groups in total. The molecule has 2 aromatic carbocycles. The maximum absolute atomic E-state index is 14.0. The zero-order valence-electron chi connectivity index (χ0n) is 15.6. The number of carbonyl (C=O) groups is 3. The highest BCUT2D eigenvalue weighted by molar-refractivity contribution is 6.01. The molecule has 1 atom stereocenters. The lowest BCUT2D eigenvalue weighted by molar-refractivity contribution is -0.134. The van der Waals surface area contributed by atoms with Gasteiger partial charge in [0.1, 0.15) is 23.1 Å². The van der Waals surface area contributed by atoms with Gasteiger partial charge in [-0.15, -0.1) is 0 Å². The number of piperidine rings is 1. The van der Waals surface area contributed by atoms with Crippen LogP contribution < -0.4 is 5.32 Å². The number of hydrogen-bond donors (Lipinski definition) is 1. The summed E-state index contributed by atoms with van der Waals surface area (Å²) in [4.78, 5) is 41.9. The first-order valence-electron chi connectivity index (χ1n) is 9.40. The van der Waals surface area contributed by atoms with Crippen LogP contribution >= 0.6 is 0 Å². The largest absolute Gasteiger partial charge is 0.440 e. The van der Waals surface area contributed by atoms with Crippen molar-refractivity contribution in [2.75, 3.05) is 0 Å². The zero-order chi connectivity index (χ0) is 21.0. The molecular formula is C21H15F2N3O4. The Morgan fingerprint density at radius 3 is 2.47 bits per heavy atom. The van der Waals surface area contributed by atoms with Crippen molar-refractivity contribution in [1.29, 1.82) is 0 Å². The Bertz CT molecular complexity index is 1210. The van der Waals surface area contributed by atoms with E-state index in [1.807, 2.05) is 0 Å². The quantitative estimate of drug-likeness (QED) is 0.655. The molecule has 5 rings (SSSR count). The third-order valence-corrected chi connectivity index (χ3v) is 5.49. The number of benzene rings is 2. The molecule has 0 bridgehead atoms. The van der Waals surface area contributed by atoms with Gasteiger partial charge in [0.05, 0.1) is 0 Å². The molecule has 7 nitrogen and oxygen atoms in total. The number of aromatic nitrogens is 1. The maximum Gasteiger partial charge on any atom is 0.254 e. The Kier molecular flexibility index (Phi) is 4.12. The van der Waals surface area contributed by atoms with Gasteiger partial charge in [-0.3, -0.25) is 19.7 Å². The number of imide groups is 1. The minimum absolute atomic E-state index is 0.0201. The van der Waals surface area contributed by atoms with Gasteiger partial charge in [0, 0.05) is 36.2 Å². The molecule has 30 heavy (non-hydrogen) atoms. The maximum atomic E-state index is 14.0. The summed E-state index contributed by atoms with van der Waals surface area (Å²) in [6.07, 6.45) is 0.494. The Morgan fingerprint density at radius 2 is 1.80 bits per heavy atom. The lowest BCUT2D eigenvalue weighted by atomic mass is 9.98. The molecule has 152 valence electrons. The van der Waals surface area contributed by atoms with Crippen LogP contribution in [0, 0.1) is 11.6 Å². The molecule has 1 unspecified atom stereocenters. The smallest absolute Gasteiger partial charge is 0.254 e. The third-order valence-electron chi connectivity index (χ3n) is 5.49. The second-order valence-electron chi connectivity index (χ2n) is 7.39. The van der Waals surface area contributed by atoms with Gasteiger partial charge in [-0.25, -0.2) is 13.8 Å². The van der Waals surface area contributed by atoms with Crippen LogP contribution in [0.25, 0.3) is 11.1 Å². The SMILES string of the molecule is O=C1CCC(c2nc3ccc(C(=O)N4Cc5c(F)ccc(F)c5C4)cc3o2)C(=O)N1. The first-order valence-corrected chi connectivity index (χ1v) is 9.40. The molecule has 1 aromatic heterocycles. The van der Waals surface area contributed by atoms with E-state index < -0.39 is 29.4 Å². The average Bonchev–Trinajstić information content (AvgIpc) is 3.35. The minimum atomic E-state index is -0.673. The van der Waals surface area contributed by atoms with E-state index in [1.54, 1.807) is 12.1 Å². The number of rotatable bonds is 2. The molecule has 0 saturated carbocycles. The van der Waals surface area contributed by atoms with E-state index in [0.717, 1.165) is 12.1 Å². The number of oxazole rings is 1. The van der Waals surface area contributed by atoms with Crippen LogP contribution in [0.15, 0.2) is 34.7 Å². The highest BCUT2D eigenvalue weighted by Crippen LogP contribution is 2.31. The predicted octanol–water partition coefficient (Wildman–Crippen LogP) is 2.78. The van der Waals surface area contributed by atoms with Crippen LogP contribution in [0.1, 0.15) is 46.1 Å². The molecule has 3 aromatic rings. The second kappa shape index (κ2) is 6.72. The van der Waals surface area contributed by atoms with Crippen molar-refractivity contribution in [2.45, 2.75) is 31.8 Å². The summed E-state index contributed by atoms with van der Waals surface area (Å²) < 4.78 is 33.6. The van der Waals surface area contributed by atoms with Crippen molar-refractivity contribution in [1.82, 2.24) is 15.2 Å². The number of amides is 3. The first kappa shape index (κ1) is 18.4. The molecule has 0 aliphatic carbocycles. The van der Waals surface area contributed by atoms with Crippen LogP contribution in [0.3, 0.4) is 0 Å². The fourth-order valence-electron chi connectivity index (χ4n) is 3.90. The minimum Gasteiger partial charge on any atom is -0.440 e. The van der Waals surface area contributed by atoms with Gasteiger partial charge >= 0.3 is 0 Å². The van der Waals surface area contributed by atoms with Crippen molar-refractivity contribution in [3.63, 3.8) is 0 Å². The second-order valence-corrected chi connectivity index (χ2v) is 7.39. The van der Waals surface area contributed by atoms with Gasteiger partial charge in [0.2, 0.25) is 17.7 Å². The van der Waals surface area contributed by atoms with E-state index in [9.17, 15) is 23.2 Å². The summed E-state index contributed by atoms with van der Waals surface area (Å²) in [6, 6.07) is 6.75. The van der Waals surface area contributed by atoms with Crippen molar-refractivity contribution >= 4 is 28.8 Å². The van der Waals surface area contributed by atoms with Crippen molar-refractivity contribution in [3.05, 3.63) is 64.5 Å². The monoisotopic (exact) mass is 411 g/mol. The van der Waals surface area contributed by atoms with Crippen LogP contribution in [0.2, 0.25) is 0 Å². The van der Waals surface area contributed by atoms with Gasteiger partial charge in [0.25, 0.3) is 5.91 Å². The zero-order valence-corrected chi connectivity index (χ0v) is 15.6. The molecule has 1 fully saturated rings. The highest BCUT2D eigenvalue weighted by atomic mass is 19.1. The lowest BCUT2D eigenvalue weighted by Gasteiger charge is -2.17. The summed E-state index contributed by atoms with van der Waals surface area (Å²) >= 11 is 0. The number of halogens is 2. The van der Waals surface area contributed by atoms with Crippen LogP contribution in [-0.4, -0.2) is 27.6 Å². The highest BCUT2D eigenvalue weighted by Gasteiger charge is 2.33. The molecular weight excluding hydrogens is 396 g/mol.